The molecule has 0 spiro atoms. The van der Waals surface area contributed by atoms with Gasteiger partial charge in [-0.05, 0) is 30.9 Å². The lowest BCUT2D eigenvalue weighted by molar-refractivity contribution is 0.450. The van der Waals surface area contributed by atoms with Crippen LogP contribution < -0.4 is 5.73 Å². The predicted octanol–water partition coefficient (Wildman–Crippen LogP) is 3.68. The standard InChI is InChI=1S/C12H16BrNO.ClH/c1-7-2-5-9(13)11(12(7)15)10(14)6-8-3-4-8;/h2,5,8,10,15H,3-4,6,14H2,1H3;1H/t10-;/m1./s1. The van der Waals surface area contributed by atoms with Crippen LogP contribution in [0.1, 0.15) is 36.4 Å². The molecule has 3 N–H and O–H groups in total. The molecular formula is C12H17BrClNO. The number of phenolic OH excluding ortho intramolecular Hbond substituents is 1. The summed E-state index contributed by atoms with van der Waals surface area (Å²) in [7, 11) is 0. The molecule has 0 radical (unpaired) electrons. The van der Waals surface area contributed by atoms with E-state index < -0.39 is 0 Å². The second kappa shape index (κ2) is 5.39. The van der Waals surface area contributed by atoms with Gasteiger partial charge in [0.05, 0.1) is 0 Å². The van der Waals surface area contributed by atoms with E-state index in [1.807, 2.05) is 19.1 Å². The molecule has 90 valence electrons. The molecule has 0 bridgehead atoms. The molecule has 1 atom stereocenters. The monoisotopic (exact) mass is 305 g/mol. The maximum atomic E-state index is 9.97. The first kappa shape index (κ1) is 13.8. The number of aromatic hydroxyl groups is 1. The first-order chi connectivity index (χ1) is 7.09. The van der Waals surface area contributed by atoms with Crippen molar-refractivity contribution in [2.24, 2.45) is 11.7 Å². The van der Waals surface area contributed by atoms with E-state index in [-0.39, 0.29) is 18.4 Å². The minimum Gasteiger partial charge on any atom is -0.507 e. The van der Waals surface area contributed by atoms with Crippen LogP contribution in [0.5, 0.6) is 5.75 Å². The largest absolute Gasteiger partial charge is 0.507 e. The van der Waals surface area contributed by atoms with E-state index in [1.165, 1.54) is 12.8 Å². The minimum absolute atomic E-state index is 0. The average molecular weight is 307 g/mol. The van der Waals surface area contributed by atoms with Crippen molar-refractivity contribution in [2.75, 3.05) is 0 Å². The van der Waals surface area contributed by atoms with Gasteiger partial charge in [0.2, 0.25) is 0 Å². The molecule has 4 heteroatoms. The van der Waals surface area contributed by atoms with Crippen molar-refractivity contribution >= 4 is 28.3 Å². The van der Waals surface area contributed by atoms with Crippen LogP contribution in [0.15, 0.2) is 16.6 Å². The van der Waals surface area contributed by atoms with E-state index in [4.69, 9.17) is 5.73 Å². The first-order valence-corrected chi connectivity index (χ1v) is 6.12. The Kier molecular flexibility index (Phi) is 4.65. The van der Waals surface area contributed by atoms with Crippen molar-refractivity contribution in [3.05, 3.63) is 27.7 Å². The summed E-state index contributed by atoms with van der Waals surface area (Å²) in [6, 6.07) is 3.80. The summed E-state index contributed by atoms with van der Waals surface area (Å²) in [5, 5.41) is 9.97. The second-order valence-corrected chi connectivity index (χ2v) is 5.27. The number of halogens is 2. The number of aryl methyl sites for hydroxylation is 1. The molecule has 1 fully saturated rings. The van der Waals surface area contributed by atoms with Crippen LogP contribution in [0.4, 0.5) is 0 Å². The predicted molar refractivity (Wildman–Crippen MR) is 72.1 cm³/mol. The normalized spacial score (nSPS) is 16.7. The van der Waals surface area contributed by atoms with E-state index in [9.17, 15) is 5.11 Å². The topological polar surface area (TPSA) is 46.2 Å². The van der Waals surface area contributed by atoms with E-state index in [2.05, 4.69) is 15.9 Å². The quantitative estimate of drug-likeness (QED) is 0.894. The van der Waals surface area contributed by atoms with Gasteiger partial charge in [0.15, 0.2) is 0 Å². The number of rotatable bonds is 3. The number of benzene rings is 1. The Morgan fingerprint density at radius 3 is 2.69 bits per heavy atom. The molecule has 1 aliphatic rings. The van der Waals surface area contributed by atoms with Gasteiger partial charge in [-0.25, -0.2) is 0 Å². The molecule has 1 aromatic carbocycles. The summed E-state index contributed by atoms with van der Waals surface area (Å²) in [6.07, 6.45) is 3.56. The van der Waals surface area contributed by atoms with Gasteiger partial charge in [-0.1, -0.05) is 34.8 Å². The Bertz CT molecular complexity index is 380. The van der Waals surface area contributed by atoms with Crippen molar-refractivity contribution in [2.45, 2.75) is 32.2 Å². The Labute approximate surface area is 111 Å². The Hall–Kier alpha value is -0.250. The number of hydrogen-bond donors (Lipinski definition) is 2. The van der Waals surface area contributed by atoms with Gasteiger partial charge in [0.1, 0.15) is 5.75 Å². The SMILES string of the molecule is Cc1ccc(Br)c([C@H](N)CC2CC2)c1O.Cl. The van der Waals surface area contributed by atoms with Crippen LogP contribution in [-0.2, 0) is 0 Å². The van der Waals surface area contributed by atoms with Crippen molar-refractivity contribution in [1.82, 2.24) is 0 Å². The molecule has 2 nitrogen and oxygen atoms in total. The highest BCUT2D eigenvalue weighted by Crippen LogP contribution is 2.41. The van der Waals surface area contributed by atoms with Gasteiger partial charge >= 0.3 is 0 Å². The zero-order valence-corrected chi connectivity index (χ0v) is 11.6. The van der Waals surface area contributed by atoms with Crippen LogP contribution in [-0.4, -0.2) is 5.11 Å². The van der Waals surface area contributed by atoms with E-state index >= 15 is 0 Å². The summed E-state index contributed by atoms with van der Waals surface area (Å²) in [5.41, 5.74) is 7.87. The Morgan fingerprint density at radius 1 is 1.50 bits per heavy atom. The molecule has 0 aromatic heterocycles. The highest BCUT2D eigenvalue weighted by atomic mass is 79.9. The van der Waals surface area contributed by atoms with Crippen LogP contribution in [0.2, 0.25) is 0 Å². The Balaban J connectivity index is 0.00000128. The van der Waals surface area contributed by atoms with Crippen molar-refractivity contribution in [3.63, 3.8) is 0 Å². The molecule has 0 heterocycles. The molecule has 0 amide bonds. The second-order valence-electron chi connectivity index (χ2n) is 4.41. The fourth-order valence-corrected chi connectivity index (χ4v) is 2.49. The van der Waals surface area contributed by atoms with Crippen molar-refractivity contribution in [3.8, 4) is 5.75 Å². The number of hydrogen-bond acceptors (Lipinski definition) is 2. The van der Waals surface area contributed by atoms with E-state index in [0.29, 0.717) is 5.75 Å². The zero-order valence-electron chi connectivity index (χ0n) is 9.24. The van der Waals surface area contributed by atoms with Gasteiger partial charge in [0, 0.05) is 16.1 Å². The smallest absolute Gasteiger partial charge is 0.124 e. The maximum Gasteiger partial charge on any atom is 0.124 e. The summed E-state index contributed by atoms with van der Waals surface area (Å²) >= 11 is 3.45. The van der Waals surface area contributed by atoms with Gasteiger partial charge in [-0.15, -0.1) is 12.4 Å². The van der Waals surface area contributed by atoms with Gasteiger partial charge < -0.3 is 10.8 Å². The third kappa shape index (κ3) is 2.90. The van der Waals surface area contributed by atoms with Gasteiger partial charge in [-0.3, -0.25) is 0 Å². The summed E-state index contributed by atoms with van der Waals surface area (Å²) in [4.78, 5) is 0. The van der Waals surface area contributed by atoms with Crippen molar-refractivity contribution < 1.29 is 5.11 Å². The molecular weight excluding hydrogens is 289 g/mol. The zero-order chi connectivity index (χ0) is 11.0. The molecule has 0 unspecified atom stereocenters. The number of nitrogens with two attached hydrogens (primary N) is 1. The summed E-state index contributed by atoms with van der Waals surface area (Å²) in [5.74, 6) is 1.12. The van der Waals surface area contributed by atoms with Crippen LogP contribution >= 0.6 is 28.3 Å². The lowest BCUT2D eigenvalue weighted by atomic mass is 9.99. The first-order valence-electron chi connectivity index (χ1n) is 5.33. The van der Waals surface area contributed by atoms with Gasteiger partial charge in [-0.2, -0.15) is 0 Å². The van der Waals surface area contributed by atoms with Crippen LogP contribution in [0.25, 0.3) is 0 Å². The van der Waals surface area contributed by atoms with Crippen molar-refractivity contribution in [1.29, 1.82) is 0 Å². The van der Waals surface area contributed by atoms with Gasteiger partial charge in [0.25, 0.3) is 0 Å². The van der Waals surface area contributed by atoms with Crippen LogP contribution in [0, 0.1) is 12.8 Å². The number of phenols is 1. The maximum absolute atomic E-state index is 9.97. The molecule has 2 rings (SSSR count). The molecule has 1 aromatic rings. The fourth-order valence-electron chi connectivity index (χ4n) is 1.88. The van der Waals surface area contributed by atoms with Crippen LogP contribution in [0.3, 0.4) is 0 Å². The molecule has 0 aliphatic heterocycles. The Morgan fingerprint density at radius 2 is 2.12 bits per heavy atom. The molecule has 1 aliphatic carbocycles. The summed E-state index contributed by atoms with van der Waals surface area (Å²) in [6.45, 7) is 1.90. The third-order valence-electron chi connectivity index (χ3n) is 3.02. The minimum atomic E-state index is -0.0493. The van der Waals surface area contributed by atoms with E-state index in [1.54, 1.807) is 0 Å². The highest BCUT2D eigenvalue weighted by Gasteiger charge is 2.26. The molecule has 1 saturated carbocycles. The van der Waals surface area contributed by atoms with E-state index in [0.717, 1.165) is 27.9 Å². The lowest BCUT2D eigenvalue weighted by Gasteiger charge is -2.16. The summed E-state index contributed by atoms with van der Waals surface area (Å²) < 4.78 is 0.916. The average Bonchev–Trinajstić information content (AvgIpc) is 2.96. The third-order valence-corrected chi connectivity index (χ3v) is 3.71. The fraction of sp³-hybridized carbons (Fsp3) is 0.500. The highest BCUT2D eigenvalue weighted by molar-refractivity contribution is 9.10. The molecule has 16 heavy (non-hydrogen) atoms. The molecule has 0 saturated heterocycles. The lowest BCUT2D eigenvalue weighted by Crippen LogP contribution is -2.12.